The molecule has 88 valence electrons. The summed E-state index contributed by atoms with van der Waals surface area (Å²) in [6, 6.07) is 3.54. The Kier molecular flexibility index (Phi) is 3.95. The van der Waals surface area contributed by atoms with Crippen LogP contribution in [0, 0.1) is 15.9 Å². The Balaban J connectivity index is 3.03. The Morgan fingerprint density at radius 1 is 1.56 bits per heavy atom. The average molecular weight is 226 g/mol. The van der Waals surface area contributed by atoms with E-state index in [9.17, 15) is 14.5 Å². The van der Waals surface area contributed by atoms with Crippen LogP contribution in [0.25, 0.3) is 0 Å². The van der Waals surface area contributed by atoms with Crippen LogP contribution in [0.3, 0.4) is 0 Å². The summed E-state index contributed by atoms with van der Waals surface area (Å²) in [7, 11) is 0. The topological polar surface area (TPSA) is 69.2 Å². The van der Waals surface area contributed by atoms with E-state index in [4.69, 9.17) is 5.73 Å². The van der Waals surface area contributed by atoms with Crippen molar-refractivity contribution >= 4 is 5.69 Å². The monoisotopic (exact) mass is 226 g/mol. The molecule has 1 rings (SSSR count). The van der Waals surface area contributed by atoms with E-state index in [1.54, 1.807) is 0 Å². The van der Waals surface area contributed by atoms with Gasteiger partial charge in [-0.25, -0.2) is 4.39 Å². The molecule has 2 N–H and O–H groups in total. The van der Waals surface area contributed by atoms with E-state index in [2.05, 4.69) is 0 Å². The van der Waals surface area contributed by atoms with Crippen molar-refractivity contribution in [2.24, 2.45) is 5.73 Å². The lowest BCUT2D eigenvalue weighted by atomic mass is 9.92. The van der Waals surface area contributed by atoms with E-state index >= 15 is 0 Å². The maximum atomic E-state index is 13.6. The van der Waals surface area contributed by atoms with E-state index in [0.717, 1.165) is 12.5 Å². The SMILES string of the molecule is CCC(N)C(C)c1ccc([N+](=O)[O-])cc1F. The molecular weight excluding hydrogens is 211 g/mol. The zero-order chi connectivity index (χ0) is 12.3. The summed E-state index contributed by atoms with van der Waals surface area (Å²) >= 11 is 0. The van der Waals surface area contributed by atoms with Crippen molar-refractivity contribution in [2.45, 2.75) is 32.2 Å². The van der Waals surface area contributed by atoms with Crippen LogP contribution in [0.15, 0.2) is 18.2 Å². The smallest absolute Gasteiger partial charge is 0.272 e. The highest BCUT2D eigenvalue weighted by atomic mass is 19.1. The number of nitro benzene ring substituents is 1. The molecule has 0 aliphatic rings. The van der Waals surface area contributed by atoms with Gasteiger partial charge >= 0.3 is 0 Å². The molecule has 0 saturated carbocycles. The lowest BCUT2D eigenvalue weighted by Gasteiger charge is -2.18. The molecule has 2 atom stereocenters. The van der Waals surface area contributed by atoms with Crippen molar-refractivity contribution in [2.75, 3.05) is 0 Å². The van der Waals surface area contributed by atoms with Gasteiger partial charge in [0.2, 0.25) is 0 Å². The first-order valence-electron chi connectivity index (χ1n) is 5.16. The third-order valence-electron chi connectivity index (χ3n) is 2.80. The summed E-state index contributed by atoms with van der Waals surface area (Å²) in [6.45, 7) is 3.74. The number of nitro groups is 1. The van der Waals surface area contributed by atoms with E-state index in [1.807, 2.05) is 13.8 Å². The molecule has 16 heavy (non-hydrogen) atoms. The molecule has 4 nitrogen and oxygen atoms in total. The molecule has 0 aliphatic carbocycles. The third kappa shape index (κ3) is 2.55. The molecule has 5 heteroatoms. The highest BCUT2D eigenvalue weighted by molar-refractivity contribution is 5.36. The molecule has 0 aliphatic heterocycles. The largest absolute Gasteiger partial charge is 0.327 e. The van der Waals surface area contributed by atoms with Crippen molar-refractivity contribution in [3.8, 4) is 0 Å². The van der Waals surface area contributed by atoms with Crippen molar-refractivity contribution in [3.63, 3.8) is 0 Å². The number of rotatable bonds is 4. The van der Waals surface area contributed by atoms with Gasteiger partial charge < -0.3 is 5.73 Å². The highest BCUT2D eigenvalue weighted by Crippen LogP contribution is 2.25. The van der Waals surface area contributed by atoms with Crippen molar-refractivity contribution < 1.29 is 9.31 Å². The quantitative estimate of drug-likeness (QED) is 0.633. The van der Waals surface area contributed by atoms with Gasteiger partial charge in [-0.1, -0.05) is 13.8 Å². The summed E-state index contributed by atoms with van der Waals surface area (Å²) in [4.78, 5) is 9.82. The Labute approximate surface area is 93.4 Å². The Morgan fingerprint density at radius 3 is 2.62 bits per heavy atom. The van der Waals surface area contributed by atoms with E-state index in [0.29, 0.717) is 5.56 Å². The molecule has 0 saturated heterocycles. The number of non-ortho nitro benzene ring substituents is 1. The molecule has 0 radical (unpaired) electrons. The minimum Gasteiger partial charge on any atom is -0.327 e. The van der Waals surface area contributed by atoms with Crippen LogP contribution in [-0.4, -0.2) is 11.0 Å². The third-order valence-corrected chi connectivity index (χ3v) is 2.80. The molecule has 0 spiro atoms. The van der Waals surface area contributed by atoms with Crippen molar-refractivity contribution in [3.05, 3.63) is 39.7 Å². The molecule has 2 unspecified atom stereocenters. The van der Waals surface area contributed by atoms with Gasteiger partial charge in [0, 0.05) is 12.1 Å². The molecule has 0 bridgehead atoms. The first kappa shape index (κ1) is 12.6. The summed E-state index contributed by atoms with van der Waals surface area (Å²) in [5.74, 6) is -0.712. The minimum absolute atomic E-state index is 0.143. The summed E-state index contributed by atoms with van der Waals surface area (Å²) in [5, 5.41) is 10.4. The number of nitrogens with two attached hydrogens (primary N) is 1. The molecule has 0 fully saturated rings. The summed E-state index contributed by atoms with van der Waals surface area (Å²) in [6.07, 6.45) is 0.734. The van der Waals surface area contributed by atoms with Gasteiger partial charge in [0.1, 0.15) is 5.82 Å². The molecule has 1 aromatic carbocycles. The zero-order valence-electron chi connectivity index (χ0n) is 9.31. The zero-order valence-corrected chi connectivity index (χ0v) is 9.31. The van der Waals surface area contributed by atoms with Gasteiger partial charge in [-0.05, 0) is 24.0 Å². The number of hydrogen-bond acceptors (Lipinski definition) is 3. The van der Waals surface area contributed by atoms with Gasteiger partial charge in [-0.3, -0.25) is 10.1 Å². The van der Waals surface area contributed by atoms with Crippen LogP contribution in [0.1, 0.15) is 31.7 Å². The van der Waals surface area contributed by atoms with Crippen LogP contribution < -0.4 is 5.73 Å². The van der Waals surface area contributed by atoms with Gasteiger partial charge in [-0.15, -0.1) is 0 Å². The van der Waals surface area contributed by atoms with Crippen LogP contribution in [0.4, 0.5) is 10.1 Å². The molecule has 0 heterocycles. The molecular formula is C11H15FN2O2. The highest BCUT2D eigenvalue weighted by Gasteiger charge is 2.19. The fourth-order valence-electron chi connectivity index (χ4n) is 1.58. The molecule has 0 amide bonds. The van der Waals surface area contributed by atoms with Crippen molar-refractivity contribution in [1.29, 1.82) is 0 Å². The van der Waals surface area contributed by atoms with E-state index in [-0.39, 0.29) is 17.6 Å². The minimum atomic E-state index is -0.614. The van der Waals surface area contributed by atoms with Gasteiger partial charge in [-0.2, -0.15) is 0 Å². The second kappa shape index (κ2) is 5.03. The van der Waals surface area contributed by atoms with E-state index in [1.165, 1.54) is 12.1 Å². The van der Waals surface area contributed by atoms with Gasteiger partial charge in [0.05, 0.1) is 11.0 Å². The van der Waals surface area contributed by atoms with Crippen molar-refractivity contribution in [1.82, 2.24) is 0 Å². The van der Waals surface area contributed by atoms with Crippen LogP contribution in [0.2, 0.25) is 0 Å². The predicted molar refractivity (Wildman–Crippen MR) is 59.7 cm³/mol. The van der Waals surface area contributed by atoms with Gasteiger partial charge in [0.25, 0.3) is 5.69 Å². The van der Waals surface area contributed by atoms with E-state index < -0.39 is 10.7 Å². The number of hydrogen-bond donors (Lipinski definition) is 1. The number of nitrogens with zero attached hydrogens (tertiary/aromatic N) is 1. The van der Waals surface area contributed by atoms with Crippen LogP contribution in [0.5, 0.6) is 0 Å². The Hall–Kier alpha value is -1.49. The fraction of sp³-hybridized carbons (Fsp3) is 0.455. The van der Waals surface area contributed by atoms with Crippen LogP contribution >= 0.6 is 0 Å². The van der Waals surface area contributed by atoms with Gasteiger partial charge in [0.15, 0.2) is 0 Å². The summed E-state index contributed by atoms with van der Waals surface area (Å²) in [5.41, 5.74) is 6.01. The average Bonchev–Trinajstić information content (AvgIpc) is 2.26. The lowest BCUT2D eigenvalue weighted by molar-refractivity contribution is -0.385. The fourth-order valence-corrected chi connectivity index (χ4v) is 1.58. The Morgan fingerprint density at radius 2 is 2.19 bits per heavy atom. The standard InChI is InChI=1S/C11H15FN2O2/c1-3-11(13)7(2)9-5-4-8(14(15)16)6-10(9)12/h4-7,11H,3,13H2,1-2H3. The number of benzene rings is 1. The number of halogens is 1. The maximum absolute atomic E-state index is 13.6. The lowest BCUT2D eigenvalue weighted by Crippen LogP contribution is -2.26. The molecule has 1 aromatic rings. The second-order valence-corrected chi connectivity index (χ2v) is 3.82. The Bertz CT molecular complexity index is 396. The first-order valence-corrected chi connectivity index (χ1v) is 5.16. The predicted octanol–water partition coefficient (Wildman–Crippen LogP) is 2.57. The molecule has 0 aromatic heterocycles. The maximum Gasteiger partial charge on any atom is 0.272 e. The first-order chi connectivity index (χ1) is 7.47. The second-order valence-electron chi connectivity index (χ2n) is 3.82. The van der Waals surface area contributed by atoms with Crippen LogP contribution in [-0.2, 0) is 0 Å². The summed E-state index contributed by atoms with van der Waals surface area (Å²) < 4.78 is 13.6. The normalized spacial score (nSPS) is 14.5.